The highest BCUT2D eigenvalue weighted by Crippen LogP contribution is 2.56. The summed E-state index contributed by atoms with van der Waals surface area (Å²) in [5.41, 5.74) is 1.17. The first-order chi connectivity index (χ1) is 16.0. The summed E-state index contributed by atoms with van der Waals surface area (Å²) in [5.74, 6) is -0.945. The first-order valence-electron chi connectivity index (χ1n) is 10.4. The number of fused-ring (bicyclic) bond motifs is 3. The van der Waals surface area contributed by atoms with Gasteiger partial charge in [0, 0.05) is 27.2 Å². The summed E-state index contributed by atoms with van der Waals surface area (Å²) < 4.78 is 0. The fourth-order valence-corrected chi connectivity index (χ4v) is 5.54. The van der Waals surface area contributed by atoms with Gasteiger partial charge in [-0.05, 0) is 35.4 Å². The minimum atomic E-state index is -1.53. The molecule has 160 valence electrons. The van der Waals surface area contributed by atoms with E-state index in [9.17, 15) is 15.3 Å². The fourth-order valence-electron chi connectivity index (χ4n) is 5.11. The minimum Gasteiger partial charge on any atom is -0.351 e. The Morgan fingerprint density at radius 1 is 0.939 bits per heavy atom. The molecule has 0 radical (unpaired) electrons. The predicted octanol–water partition coefficient (Wildman–Crippen LogP) is 6.28. The Kier molecular flexibility index (Phi) is 5.22. The zero-order valence-corrected chi connectivity index (χ0v) is 18.8. The Hall–Kier alpha value is -3.57. The predicted molar refractivity (Wildman–Crippen MR) is 129 cm³/mol. The normalized spacial score (nSPS) is 22.1. The van der Waals surface area contributed by atoms with Crippen LogP contribution in [0.3, 0.4) is 0 Å². The van der Waals surface area contributed by atoms with Gasteiger partial charge in [-0.15, -0.1) is 0 Å². The molecule has 33 heavy (non-hydrogen) atoms. The van der Waals surface area contributed by atoms with E-state index in [1.165, 1.54) is 0 Å². The van der Waals surface area contributed by atoms with Crippen molar-refractivity contribution in [2.75, 3.05) is 4.90 Å². The molecule has 0 aliphatic carbocycles. The van der Waals surface area contributed by atoms with Gasteiger partial charge in [0.2, 0.25) is 0 Å². The molecule has 6 heteroatoms. The monoisotopic (exact) mass is 469 g/mol. The van der Waals surface area contributed by atoms with Gasteiger partial charge in [0.15, 0.2) is 11.2 Å². The number of anilines is 1. The number of nitrogens with zero attached hydrogens (tertiary/aromatic N) is 3. The second-order valence-electron chi connectivity index (χ2n) is 8.18. The summed E-state index contributed by atoms with van der Waals surface area (Å²) in [6, 6.07) is 24.6. The summed E-state index contributed by atoms with van der Waals surface area (Å²) >= 11 is 12.8. The first-order valence-corrected chi connectivity index (χ1v) is 11.2. The number of Topliss-reactive ketones (excluding diaryl/α,β-unsaturated/α-hetero) is 1. The minimum absolute atomic E-state index is 0.172. The second kappa shape index (κ2) is 8.09. The Bertz CT molecular complexity index is 1360. The van der Waals surface area contributed by atoms with Crippen molar-refractivity contribution in [3.05, 3.63) is 106 Å². The number of hydrogen-bond acceptors (Lipinski definition) is 4. The summed E-state index contributed by atoms with van der Waals surface area (Å²) in [6.07, 6.45) is 3.69. The number of rotatable bonds is 3. The topological polar surface area (TPSA) is 67.9 Å². The summed E-state index contributed by atoms with van der Waals surface area (Å²) in [7, 11) is 0. The lowest BCUT2D eigenvalue weighted by Crippen LogP contribution is -2.44. The van der Waals surface area contributed by atoms with Gasteiger partial charge >= 0.3 is 0 Å². The lowest BCUT2D eigenvalue weighted by atomic mass is 9.69. The van der Waals surface area contributed by atoms with Crippen LogP contribution in [0.15, 0.2) is 78.9 Å². The molecule has 0 N–H and O–H groups in total. The van der Waals surface area contributed by atoms with Crippen LogP contribution < -0.4 is 4.90 Å². The third-order valence-electron chi connectivity index (χ3n) is 6.54. The molecule has 0 aromatic heterocycles. The lowest BCUT2D eigenvalue weighted by Gasteiger charge is -2.35. The molecule has 3 atom stereocenters. The Morgan fingerprint density at radius 3 is 2.33 bits per heavy atom. The summed E-state index contributed by atoms with van der Waals surface area (Å²) in [4.78, 5) is 15.9. The van der Waals surface area contributed by atoms with Crippen LogP contribution in [0.4, 0.5) is 5.69 Å². The van der Waals surface area contributed by atoms with E-state index in [1.807, 2.05) is 41.3 Å². The molecule has 0 bridgehead atoms. The van der Waals surface area contributed by atoms with Crippen molar-refractivity contribution in [1.82, 2.24) is 0 Å². The number of benzene rings is 3. The van der Waals surface area contributed by atoms with E-state index in [2.05, 4.69) is 12.1 Å². The molecule has 0 saturated carbocycles. The molecule has 2 heterocycles. The van der Waals surface area contributed by atoms with Gasteiger partial charge in [0.1, 0.15) is 6.04 Å². The van der Waals surface area contributed by atoms with Crippen LogP contribution in [-0.2, 0) is 0 Å². The number of carbonyl (C=O) groups is 1. The molecule has 0 spiro atoms. The van der Waals surface area contributed by atoms with Gasteiger partial charge in [0.25, 0.3) is 0 Å². The van der Waals surface area contributed by atoms with E-state index in [4.69, 9.17) is 23.2 Å². The van der Waals surface area contributed by atoms with Crippen molar-refractivity contribution in [3.8, 4) is 12.1 Å². The highest BCUT2D eigenvalue weighted by atomic mass is 35.5. The van der Waals surface area contributed by atoms with Crippen molar-refractivity contribution in [2.24, 2.45) is 5.41 Å². The third-order valence-corrected chi connectivity index (χ3v) is 7.11. The van der Waals surface area contributed by atoms with Crippen molar-refractivity contribution in [2.45, 2.75) is 18.0 Å². The zero-order valence-electron chi connectivity index (χ0n) is 17.3. The van der Waals surface area contributed by atoms with Crippen molar-refractivity contribution < 1.29 is 4.79 Å². The van der Waals surface area contributed by atoms with E-state index in [-0.39, 0.29) is 5.78 Å². The van der Waals surface area contributed by atoms with Crippen molar-refractivity contribution in [3.63, 3.8) is 0 Å². The fraction of sp³-hybridized carbons (Fsp3) is 0.148. The second-order valence-corrected chi connectivity index (χ2v) is 9.02. The molecule has 4 nitrogen and oxygen atoms in total. The Balaban J connectivity index is 1.81. The van der Waals surface area contributed by atoms with Gasteiger partial charge in [-0.3, -0.25) is 4.79 Å². The summed E-state index contributed by atoms with van der Waals surface area (Å²) in [6.45, 7) is 0. The van der Waals surface area contributed by atoms with Crippen molar-refractivity contribution in [1.29, 1.82) is 10.5 Å². The lowest BCUT2D eigenvalue weighted by molar-refractivity contribution is 0.0951. The smallest absolute Gasteiger partial charge is 0.185 e. The molecule has 3 aromatic rings. The van der Waals surface area contributed by atoms with Gasteiger partial charge in [0.05, 0.1) is 18.2 Å². The molecular formula is C27H17Cl2N3O. The maximum atomic E-state index is 14.0. The quantitative estimate of drug-likeness (QED) is 0.423. The highest BCUT2D eigenvalue weighted by Gasteiger charge is 2.63. The number of nitriles is 2. The van der Waals surface area contributed by atoms with Crippen LogP contribution in [0.1, 0.15) is 27.4 Å². The number of ketones is 1. The number of carbonyl (C=O) groups excluding carboxylic acids is 1. The molecule has 1 fully saturated rings. The van der Waals surface area contributed by atoms with Crippen molar-refractivity contribution >= 4 is 40.7 Å². The summed E-state index contributed by atoms with van der Waals surface area (Å²) in [5, 5.41) is 21.8. The van der Waals surface area contributed by atoms with Gasteiger partial charge < -0.3 is 4.90 Å². The molecule has 2 aliphatic heterocycles. The van der Waals surface area contributed by atoms with E-state index in [0.29, 0.717) is 21.2 Å². The van der Waals surface area contributed by atoms with E-state index in [1.54, 1.807) is 48.5 Å². The van der Waals surface area contributed by atoms with Crippen LogP contribution in [0.25, 0.3) is 6.08 Å². The van der Waals surface area contributed by atoms with Gasteiger partial charge in [-0.25, -0.2) is 0 Å². The molecule has 0 unspecified atom stereocenters. The van der Waals surface area contributed by atoms with Crippen LogP contribution in [0, 0.1) is 28.1 Å². The van der Waals surface area contributed by atoms with Gasteiger partial charge in [-0.2, -0.15) is 10.5 Å². The maximum Gasteiger partial charge on any atom is 0.185 e. The van der Waals surface area contributed by atoms with Gasteiger partial charge in [-0.1, -0.05) is 83.9 Å². The molecule has 3 aromatic carbocycles. The standard InChI is InChI=1S/C27H17Cl2N3O/c28-19-11-12-22-18(14-19)10-13-23-27(15-30,16-31)24(20-8-4-5-9-21(20)29)25(32(22)23)26(33)17-6-2-1-3-7-17/h1-14,23-25H/t23-,24-,25+/m0/s1. The SMILES string of the molecule is N#CC1(C#N)[C@@H]2C=Cc3cc(Cl)ccc3N2[C@@H](C(=O)c2ccccc2)[C@@H]1c1ccccc1Cl. The van der Waals surface area contributed by atoms with E-state index >= 15 is 0 Å². The van der Waals surface area contributed by atoms with Crippen LogP contribution >= 0.6 is 23.2 Å². The Labute approximate surface area is 201 Å². The Morgan fingerprint density at radius 2 is 1.64 bits per heavy atom. The van der Waals surface area contributed by atoms with Crippen LogP contribution in [0.2, 0.25) is 10.0 Å². The van der Waals surface area contributed by atoms with E-state index < -0.39 is 23.4 Å². The average Bonchev–Trinajstić information content (AvgIpc) is 3.14. The molecule has 2 aliphatic rings. The molecule has 0 amide bonds. The highest BCUT2D eigenvalue weighted by molar-refractivity contribution is 6.31. The molecule has 5 rings (SSSR count). The largest absolute Gasteiger partial charge is 0.351 e. The molecular weight excluding hydrogens is 453 g/mol. The number of hydrogen-bond donors (Lipinski definition) is 0. The van der Waals surface area contributed by atoms with E-state index in [0.717, 1.165) is 11.3 Å². The maximum absolute atomic E-state index is 14.0. The molecule has 1 saturated heterocycles. The van der Waals surface area contributed by atoms with Crippen LogP contribution in [0.5, 0.6) is 0 Å². The first kappa shape index (κ1) is 21.3. The van der Waals surface area contributed by atoms with Crippen LogP contribution in [-0.4, -0.2) is 17.9 Å². The zero-order chi connectivity index (χ0) is 23.2. The average molecular weight is 470 g/mol. The number of halogens is 2. The third kappa shape index (κ3) is 3.15.